The summed E-state index contributed by atoms with van der Waals surface area (Å²) in [4.78, 5) is 22.8. The highest BCUT2D eigenvalue weighted by molar-refractivity contribution is 5.89. The predicted molar refractivity (Wildman–Crippen MR) is 73.0 cm³/mol. The van der Waals surface area contributed by atoms with Gasteiger partial charge in [0.25, 0.3) is 0 Å². The van der Waals surface area contributed by atoms with Crippen LogP contribution in [-0.2, 0) is 9.59 Å². The normalized spacial score (nSPS) is 20.8. The molecule has 0 spiro atoms. The van der Waals surface area contributed by atoms with E-state index in [1.54, 1.807) is 12.1 Å². The number of carbonyl (C=O) groups is 2. The molecule has 2 unspecified atom stereocenters. The number of ether oxygens (including phenoxy) is 3. The minimum absolute atomic E-state index is 0.107. The van der Waals surface area contributed by atoms with Gasteiger partial charge in [-0.2, -0.15) is 0 Å². The summed E-state index contributed by atoms with van der Waals surface area (Å²) >= 11 is 0. The molecule has 2 rings (SSSR count). The van der Waals surface area contributed by atoms with Gasteiger partial charge in [0.05, 0.1) is 21.3 Å². The van der Waals surface area contributed by atoms with Crippen LogP contribution in [0.1, 0.15) is 17.9 Å². The fraction of sp³-hybridized carbons (Fsp3) is 0.429. The summed E-state index contributed by atoms with van der Waals surface area (Å²) in [6.45, 7) is 0. The third-order valence-corrected chi connectivity index (χ3v) is 3.51. The Morgan fingerprint density at radius 3 is 2.19 bits per heavy atom. The Morgan fingerprint density at radius 2 is 1.76 bits per heavy atom. The highest BCUT2D eigenvalue weighted by atomic mass is 16.5. The average molecular weight is 295 g/mol. The Kier molecular flexibility index (Phi) is 4.21. The third-order valence-electron chi connectivity index (χ3n) is 3.51. The second-order valence-electron chi connectivity index (χ2n) is 4.65. The summed E-state index contributed by atoms with van der Waals surface area (Å²) in [6, 6.07) is 2.38. The van der Waals surface area contributed by atoms with Gasteiger partial charge in [0.1, 0.15) is 6.04 Å². The molecule has 1 saturated heterocycles. The molecule has 1 aromatic rings. The van der Waals surface area contributed by atoms with Crippen LogP contribution in [0.25, 0.3) is 0 Å². The number of amides is 1. The molecular weight excluding hydrogens is 278 g/mol. The van der Waals surface area contributed by atoms with E-state index >= 15 is 0 Å². The van der Waals surface area contributed by atoms with Crippen molar-refractivity contribution < 1.29 is 28.9 Å². The van der Waals surface area contributed by atoms with Gasteiger partial charge in [-0.15, -0.1) is 0 Å². The van der Waals surface area contributed by atoms with Crippen molar-refractivity contribution in [2.75, 3.05) is 21.3 Å². The van der Waals surface area contributed by atoms with Crippen molar-refractivity contribution in [2.45, 2.75) is 18.4 Å². The first-order valence-corrected chi connectivity index (χ1v) is 6.33. The molecule has 0 saturated carbocycles. The van der Waals surface area contributed by atoms with E-state index in [-0.39, 0.29) is 12.3 Å². The topological polar surface area (TPSA) is 94.1 Å². The monoisotopic (exact) mass is 295 g/mol. The minimum atomic E-state index is -1.07. The van der Waals surface area contributed by atoms with E-state index < -0.39 is 17.9 Å². The quantitative estimate of drug-likeness (QED) is 0.833. The first kappa shape index (κ1) is 15.0. The summed E-state index contributed by atoms with van der Waals surface area (Å²) in [7, 11) is 4.45. The highest BCUT2D eigenvalue weighted by Gasteiger charge is 2.39. The van der Waals surface area contributed by atoms with Crippen molar-refractivity contribution >= 4 is 11.9 Å². The van der Waals surface area contributed by atoms with Crippen molar-refractivity contribution in [3.63, 3.8) is 0 Å². The first-order chi connectivity index (χ1) is 10.0. The van der Waals surface area contributed by atoms with Gasteiger partial charge in [0.2, 0.25) is 11.7 Å². The minimum Gasteiger partial charge on any atom is -0.493 e. The molecule has 0 radical (unpaired) electrons. The Morgan fingerprint density at radius 1 is 1.19 bits per heavy atom. The zero-order valence-electron chi connectivity index (χ0n) is 12.0. The van der Waals surface area contributed by atoms with Gasteiger partial charge in [-0.25, -0.2) is 4.79 Å². The van der Waals surface area contributed by atoms with Crippen LogP contribution in [0.15, 0.2) is 12.1 Å². The lowest BCUT2D eigenvalue weighted by atomic mass is 9.91. The summed E-state index contributed by atoms with van der Waals surface area (Å²) in [6.07, 6.45) is 0.107. The van der Waals surface area contributed by atoms with Crippen molar-refractivity contribution in [1.29, 1.82) is 0 Å². The van der Waals surface area contributed by atoms with Crippen LogP contribution in [0.2, 0.25) is 0 Å². The van der Waals surface area contributed by atoms with Gasteiger partial charge in [-0.05, 0) is 17.7 Å². The molecule has 114 valence electrons. The van der Waals surface area contributed by atoms with E-state index in [4.69, 9.17) is 14.2 Å². The molecule has 1 aromatic carbocycles. The van der Waals surface area contributed by atoms with E-state index in [1.807, 2.05) is 0 Å². The fourth-order valence-corrected chi connectivity index (χ4v) is 2.51. The van der Waals surface area contributed by atoms with Crippen LogP contribution in [0.3, 0.4) is 0 Å². The van der Waals surface area contributed by atoms with Crippen molar-refractivity contribution in [3.8, 4) is 17.2 Å². The first-order valence-electron chi connectivity index (χ1n) is 6.33. The molecule has 1 aliphatic heterocycles. The van der Waals surface area contributed by atoms with E-state index in [0.717, 1.165) is 0 Å². The highest BCUT2D eigenvalue weighted by Crippen LogP contribution is 2.42. The maximum absolute atomic E-state index is 11.5. The Labute approximate surface area is 121 Å². The molecule has 21 heavy (non-hydrogen) atoms. The van der Waals surface area contributed by atoms with Crippen LogP contribution >= 0.6 is 0 Å². The van der Waals surface area contributed by atoms with Crippen LogP contribution < -0.4 is 19.5 Å². The van der Waals surface area contributed by atoms with Crippen LogP contribution in [0.5, 0.6) is 17.2 Å². The summed E-state index contributed by atoms with van der Waals surface area (Å²) in [5.41, 5.74) is 0.648. The Hall–Kier alpha value is -2.44. The van der Waals surface area contributed by atoms with Crippen molar-refractivity contribution in [3.05, 3.63) is 17.7 Å². The lowest BCUT2D eigenvalue weighted by Crippen LogP contribution is -2.36. The lowest BCUT2D eigenvalue weighted by Gasteiger charge is -2.19. The predicted octanol–water partition coefficient (Wildman–Crippen LogP) is 0.769. The lowest BCUT2D eigenvalue weighted by molar-refractivity contribution is -0.140. The van der Waals surface area contributed by atoms with E-state index in [0.29, 0.717) is 22.8 Å². The summed E-state index contributed by atoms with van der Waals surface area (Å²) in [5, 5.41) is 11.7. The largest absolute Gasteiger partial charge is 0.493 e. The molecule has 0 aliphatic carbocycles. The number of carbonyl (C=O) groups excluding carboxylic acids is 1. The number of aliphatic carboxylic acids is 1. The molecule has 0 aromatic heterocycles. The molecule has 0 bridgehead atoms. The fourth-order valence-electron chi connectivity index (χ4n) is 2.51. The number of methoxy groups -OCH3 is 3. The number of hydrogen-bond acceptors (Lipinski definition) is 5. The van der Waals surface area contributed by atoms with E-state index in [9.17, 15) is 14.7 Å². The number of carboxylic acids is 1. The van der Waals surface area contributed by atoms with Crippen LogP contribution in [0, 0.1) is 0 Å². The molecule has 2 N–H and O–H groups in total. The van der Waals surface area contributed by atoms with Crippen molar-refractivity contribution in [1.82, 2.24) is 5.32 Å². The smallest absolute Gasteiger partial charge is 0.326 e. The average Bonchev–Trinajstić information content (AvgIpc) is 2.87. The van der Waals surface area contributed by atoms with Gasteiger partial charge >= 0.3 is 5.97 Å². The van der Waals surface area contributed by atoms with E-state index in [2.05, 4.69) is 5.32 Å². The Bertz CT molecular complexity index is 546. The maximum atomic E-state index is 11.5. The summed E-state index contributed by atoms with van der Waals surface area (Å²) < 4.78 is 15.7. The number of nitrogens with one attached hydrogen (secondary N) is 1. The number of carboxylic acid groups (broad SMARTS) is 1. The molecule has 2 atom stereocenters. The van der Waals surface area contributed by atoms with E-state index in [1.165, 1.54) is 21.3 Å². The number of rotatable bonds is 5. The zero-order valence-corrected chi connectivity index (χ0v) is 12.0. The molecular formula is C14H17NO6. The Balaban J connectivity index is 2.48. The van der Waals surface area contributed by atoms with Crippen molar-refractivity contribution in [2.24, 2.45) is 0 Å². The van der Waals surface area contributed by atoms with Crippen LogP contribution in [-0.4, -0.2) is 44.4 Å². The standard InChI is InChI=1S/C14H17NO6/c1-19-9-4-7(5-10(20-2)13(9)21-3)8-6-11(16)15-12(8)14(17)18/h4-5,8,12H,6H2,1-3H3,(H,15,16)(H,17,18). The van der Waals surface area contributed by atoms with Gasteiger partial charge < -0.3 is 24.6 Å². The molecule has 1 fully saturated rings. The van der Waals surface area contributed by atoms with Gasteiger partial charge in [0, 0.05) is 12.3 Å². The second kappa shape index (κ2) is 5.90. The molecule has 7 heteroatoms. The molecule has 1 heterocycles. The zero-order chi connectivity index (χ0) is 15.6. The van der Waals surface area contributed by atoms with Crippen LogP contribution in [0.4, 0.5) is 0 Å². The molecule has 1 aliphatic rings. The second-order valence-corrected chi connectivity index (χ2v) is 4.65. The van der Waals surface area contributed by atoms with Gasteiger partial charge in [-0.3, -0.25) is 4.79 Å². The maximum Gasteiger partial charge on any atom is 0.326 e. The third kappa shape index (κ3) is 2.72. The summed E-state index contributed by atoms with van der Waals surface area (Å²) in [5.74, 6) is -0.567. The SMILES string of the molecule is COc1cc(C2CC(=O)NC2C(=O)O)cc(OC)c1OC. The molecule has 7 nitrogen and oxygen atoms in total. The molecule has 1 amide bonds. The van der Waals surface area contributed by atoms with Gasteiger partial charge in [0.15, 0.2) is 11.5 Å². The number of hydrogen-bond donors (Lipinski definition) is 2. The number of benzene rings is 1. The van der Waals surface area contributed by atoms with Gasteiger partial charge in [-0.1, -0.05) is 0 Å².